The van der Waals surface area contributed by atoms with E-state index in [0.29, 0.717) is 0 Å². The van der Waals surface area contributed by atoms with Gasteiger partial charge in [-0.05, 0) is 27.1 Å². The van der Waals surface area contributed by atoms with Crippen molar-refractivity contribution >= 4 is 29.5 Å². The molecule has 0 bridgehead atoms. The number of rotatable bonds is 8. The first-order valence-corrected chi connectivity index (χ1v) is 7.28. The minimum Gasteiger partial charge on any atom is -0.551 e. The summed E-state index contributed by atoms with van der Waals surface area (Å²) in [4.78, 5) is 27.1. The van der Waals surface area contributed by atoms with Crippen LogP contribution in [0.15, 0.2) is 30.0 Å². The molecule has 13 heteroatoms. The Bertz CT molecular complexity index is 616. The molecule has 0 aromatic heterocycles. The number of nitrogens with zero attached hydrogens (tertiary/aromatic N) is 3. The van der Waals surface area contributed by atoms with E-state index in [1.54, 1.807) is 17.9 Å². The maximum Gasteiger partial charge on any atom is 0.0409 e. The van der Waals surface area contributed by atoms with E-state index in [4.69, 9.17) is 0 Å². The smallest absolute Gasteiger partial charge is 0.0409 e. The number of likely N-dealkylation sites (N-methyl/N-ethyl adjacent to an activating group) is 2. The minimum absolute atomic E-state index is 0. The Morgan fingerprint density at radius 1 is 0.629 bits per heavy atom. The fourth-order valence-electron chi connectivity index (χ4n) is 1.08. The van der Waals surface area contributed by atoms with Gasteiger partial charge in [-0.25, -0.2) is 31.5 Å². The zero-order chi connectivity index (χ0) is 18.5. The molecular weight excluding hydrogens is 993 g/mol. The van der Waals surface area contributed by atoms with Gasteiger partial charge in [-0.15, -0.1) is 6.92 Å². The van der Waals surface area contributed by atoms with E-state index in [9.17, 15) is 9.59 Å². The molecule has 0 aliphatic rings. The molecule has 0 aliphatic heterocycles. The topological polar surface area (TPSA) is 43.9 Å². The van der Waals surface area contributed by atoms with Gasteiger partial charge in [0.1, 0.15) is 0 Å². The molecule has 0 saturated carbocycles. The SMILES string of the molecule is C.C.C.C.C[C-]=C(C)N(C)[C-]=CC=[C-]C(=O)N(C)[C-]=CC=[C-]C(=O)N(C)[C-]=S.[Y].[Y].[Y].[Y].[Y].[Y].[Y]. The molecule has 0 saturated heterocycles. The third-order valence-electron chi connectivity index (χ3n) is 2.73. The van der Waals surface area contributed by atoms with Crippen LogP contribution in [-0.2, 0) is 239 Å². The van der Waals surface area contributed by atoms with Gasteiger partial charge in [-0.2, -0.15) is 0 Å². The quantitative estimate of drug-likeness (QED) is 0.120. The molecule has 0 unspecified atom stereocenters. The van der Waals surface area contributed by atoms with E-state index in [0.717, 1.165) is 10.6 Å². The number of hydrogen-bond acceptors (Lipinski definition) is 4. The van der Waals surface area contributed by atoms with Crippen LogP contribution in [0.1, 0.15) is 43.6 Å². The number of thiocarbonyl (C=S) groups is 1. The largest absolute Gasteiger partial charge is 0.551 e. The zero-order valence-electron chi connectivity index (χ0n) is 18.4. The van der Waals surface area contributed by atoms with Crippen molar-refractivity contribution in [3.63, 3.8) is 0 Å². The number of allylic oxidation sites excluding steroid dienone is 6. The fourth-order valence-corrected chi connectivity index (χ4v) is 1.17. The Hall–Kier alpha value is 5.26. The second kappa shape index (κ2) is 51.9. The van der Waals surface area contributed by atoms with Crippen LogP contribution in [0.3, 0.4) is 0 Å². The summed E-state index contributed by atoms with van der Waals surface area (Å²) in [6.45, 7) is 3.70. The molecule has 0 N–H and O–H groups in total. The Morgan fingerprint density at radius 2 is 0.943 bits per heavy atom. The van der Waals surface area contributed by atoms with Crippen molar-refractivity contribution in [2.75, 3.05) is 21.1 Å². The first kappa shape index (κ1) is 77.7. The van der Waals surface area contributed by atoms with Gasteiger partial charge in [0.2, 0.25) is 0 Å². The Balaban J connectivity index is -0.0000000481. The van der Waals surface area contributed by atoms with Crippen molar-refractivity contribution in [1.82, 2.24) is 14.7 Å². The van der Waals surface area contributed by atoms with E-state index >= 15 is 0 Å². The number of carbonyl (C=O) groups is 2. The molecule has 5 nitrogen and oxygen atoms in total. The third-order valence-corrected chi connectivity index (χ3v) is 3.00. The van der Waals surface area contributed by atoms with E-state index in [1.165, 1.54) is 37.2 Å². The number of amides is 2. The maximum atomic E-state index is 11.7. The van der Waals surface area contributed by atoms with Gasteiger partial charge >= 0.3 is 0 Å². The molecule has 7 radical (unpaired) electrons. The average molecular weight is 1030 g/mol. The minimum atomic E-state index is -0.443. The van der Waals surface area contributed by atoms with Gasteiger partial charge in [0.05, 0.1) is 0 Å². The molecule has 0 heterocycles. The summed E-state index contributed by atoms with van der Waals surface area (Å²) in [5, 5.41) is 0. The van der Waals surface area contributed by atoms with Crippen LogP contribution in [0.2, 0.25) is 0 Å². The summed E-state index contributed by atoms with van der Waals surface area (Å²) in [6, 6.07) is 0. The van der Waals surface area contributed by atoms with Crippen molar-refractivity contribution in [1.29, 1.82) is 0 Å². The van der Waals surface area contributed by atoms with E-state index in [-0.39, 0.29) is 259 Å². The molecule has 0 aromatic carbocycles. The number of hydrogen-bond donors (Lipinski definition) is 0. The summed E-state index contributed by atoms with van der Waals surface area (Å²) in [7, 11) is 4.81. The number of carbonyl (C=O) groups excluding carboxylic acids is 2. The van der Waals surface area contributed by atoms with Crippen LogP contribution in [-0.4, -0.2) is 53.1 Å². The Labute approximate surface area is 399 Å². The van der Waals surface area contributed by atoms with Gasteiger partial charge < -0.3 is 66.8 Å². The first-order valence-electron chi connectivity index (χ1n) is 6.87. The molecule has 183 valence electrons. The van der Waals surface area contributed by atoms with Crippen LogP contribution in [0.4, 0.5) is 0 Å². The normalized spacial score (nSPS) is 8.54. The van der Waals surface area contributed by atoms with Gasteiger partial charge in [-0.1, -0.05) is 35.2 Å². The monoisotopic (exact) mass is 1030 g/mol. The molecule has 2 amide bonds. The second-order valence-corrected chi connectivity index (χ2v) is 4.61. The van der Waals surface area contributed by atoms with E-state index in [1.807, 2.05) is 14.0 Å². The summed E-state index contributed by atoms with van der Waals surface area (Å²) >= 11 is 4.49. The van der Waals surface area contributed by atoms with E-state index in [2.05, 4.69) is 48.3 Å². The van der Waals surface area contributed by atoms with Crippen LogP contribution < -0.4 is 0 Å². The Morgan fingerprint density at radius 3 is 1.26 bits per heavy atom. The predicted molar refractivity (Wildman–Crippen MR) is 122 cm³/mol. The standard InChI is InChI=1S/C18H19N3O2S.4CH4.7Y/c1-6-16(2)19(3)13-9-7-11-17(22)20(4)14-10-8-12-18(23)21(5)15-24;;;;;;;;;;;/h7-10H,1-5H3;4*1H4;;;;;;;/q-6;;;;;;;;;;;. The van der Waals surface area contributed by atoms with Gasteiger partial charge in [0, 0.05) is 235 Å². The summed E-state index contributed by atoms with van der Waals surface area (Å²) in [5.74, 6) is -0.840. The van der Waals surface area contributed by atoms with E-state index < -0.39 is 11.8 Å². The second-order valence-electron chi connectivity index (χ2n) is 4.43. The average Bonchev–Trinajstić information content (AvgIpc) is 2.59. The van der Waals surface area contributed by atoms with Crippen LogP contribution in [0.5, 0.6) is 0 Å². The molecule has 0 aliphatic carbocycles. The summed E-state index contributed by atoms with van der Waals surface area (Å²) in [5.41, 5.74) is 3.14. The van der Waals surface area contributed by atoms with Crippen molar-refractivity contribution in [3.05, 3.63) is 60.6 Å². The molecule has 0 rings (SSSR count). The first-order chi connectivity index (χ1) is 11.3. The molecule has 0 spiro atoms. The molecule has 35 heavy (non-hydrogen) atoms. The van der Waals surface area contributed by atoms with Crippen LogP contribution in [0.25, 0.3) is 0 Å². The summed E-state index contributed by atoms with van der Waals surface area (Å²) in [6.07, 6.45) is 19.3. The van der Waals surface area contributed by atoms with Crippen LogP contribution in [0, 0.1) is 30.6 Å². The Kier molecular flexibility index (Phi) is 115. The van der Waals surface area contributed by atoms with Gasteiger partial charge in [-0.3, -0.25) is 5.70 Å². The molecular formula is C22H35N3O2SY7-6. The zero-order valence-corrected chi connectivity index (χ0v) is 39.1. The summed E-state index contributed by atoms with van der Waals surface area (Å²) < 4.78 is 0. The molecule has 0 atom stereocenters. The van der Waals surface area contributed by atoms with Gasteiger partial charge in [0.15, 0.2) is 0 Å². The van der Waals surface area contributed by atoms with Crippen LogP contribution >= 0.6 is 12.2 Å². The van der Waals surface area contributed by atoms with Gasteiger partial charge in [0.25, 0.3) is 0 Å². The van der Waals surface area contributed by atoms with Crippen molar-refractivity contribution in [2.24, 2.45) is 0 Å². The van der Waals surface area contributed by atoms with Crippen molar-refractivity contribution in [2.45, 2.75) is 43.6 Å². The van der Waals surface area contributed by atoms with Crippen molar-refractivity contribution in [3.8, 4) is 0 Å². The predicted octanol–water partition coefficient (Wildman–Crippen LogP) is 4.28. The maximum absolute atomic E-state index is 11.7. The third kappa shape index (κ3) is 43.8. The molecule has 0 fully saturated rings. The van der Waals surface area contributed by atoms with Crippen molar-refractivity contribution < 1.29 is 239 Å². The molecule has 0 aromatic rings. The fraction of sp³-hybridized carbons (Fsp3) is 0.409.